The Balaban J connectivity index is 1.89. The predicted octanol–water partition coefficient (Wildman–Crippen LogP) is 1.53. The highest BCUT2D eigenvalue weighted by atomic mass is 35.5. The van der Waals surface area contributed by atoms with Crippen LogP contribution in [0.2, 0.25) is 5.02 Å². The van der Waals surface area contributed by atoms with E-state index in [-0.39, 0.29) is 18.2 Å². The quantitative estimate of drug-likeness (QED) is 0.740. The second-order valence-electron chi connectivity index (χ2n) is 5.08. The van der Waals surface area contributed by atoms with Crippen LogP contribution in [0.1, 0.15) is 0 Å². The largest absolute Gasteiger partial charge is 0.454 e. The molecule has 23 heavy (non-hydrogen) atoms. The Morgan fingerprint density at radius 2 is 2.22 bits per heavy atom. The molecule has 0 atom stereocenters. The Morgan fingerprint density at radius 1 is 1.39 bits per heavy atom. The fourth-order valence-electron chi connectivity index (χ4n) is 2.54. The van der Waals surface area contributed by atoms with Crippen molar-refractivity contribution < 1.29 is 9.47 Å². The van der Waals surface area contributed by atoms with Gasteiger partial charge in [-0.2, -0.15) is 5.10 Å². The third-order valence-electron chi connectivity index (χ3n) is 3.58. The van der Waals surface area contributed by atoms with Crippen LogP contribution in [0.5, 0.6) is 11.5 Å². The van der Waals surface area contributed by atoms with Gasteiger partial charge in [0.2, 0.25) is 6.79 Å². The van der Waals surface area contributed by atoms with Gasteiger partial charge in [-0.1, -0.05) is 11.6 Å². The summed E-state index contributed by atoms with van der Waals surface area (Å²) in [6.07, 6.45) is 1.75. The van der Waals surface area contributed by atoms with Crippen LogP contribution in [0.3, 0.4) is 0 Å². The second kappa shape index (κ2) is 4.82. The molecule has 3 aromatic rings. The van der Waals surface area contributed by atoms with Crippen LogP contribution in [0, 0.1) is 0 Å². The summed E-state index contributed by atoms with van der Waals surface area (Å²) >= 11 is 6.18. The first-order chi connectivity index (χ1) is 11.0. The van der Waals surface area contributed by atoms with E-state index < -0.39 is 0 Å². The average molecular weight is 334 g/mol. The molecule has 0 unspecified atom stereocenters. The summed E-state index contributed by atoms with van der Waals surface area (Å²) in [6.45, 7) is 0.0965. The number of fused-ring (bicyclic) bond motifs is 1. The smallest absolute Gasteiger partial charge is 0.274 e. The van der Waals surface area contributed by atoms with Crippen molar-refractivity contribution in [2.45, 2.75) is 0 Å². The molecule has 8 nitrogen and oxygen atoms in total. The van der Waals surface area contributed by atoms with Crippen LogP contribution in [0.25, 0.3) is 16.9 Å². The summed E-state index contributed by atoms with van der Waals surface area (Å²) in [5.74, 6) is 1.70. The molecule has 9 heteroatoms. The topological polar surface area (TPSA) is 100 Å². The fourth-order valence-corrected chi connectivity index (χ4v) is 2.80. The van der Waals surface area contributed by atoms with Crippen LogP contribution in [0.4, 0.5) is 5.82 Å². The van der Waals surface area contributed by atoms with Crippen molar-refractivity contribution in [1.82, 2.24) is 19.6 Å². The van der Waals surface area contributed by atoms with Gasteiger partial charge in [-0.3, -0.25) is 14.6 Å². The summed E-state index contributed by atoms with van der Waals surface area (Å²) in [6, 6.07) is 5.04. The van der Waals surface area contributed by atoms with E-state index in [1.54, 1.807) is 36.1 Å². The van der Waals surface area contributed by atoms with Crippen molar-refractivity contribution in [3.8, 4) is 28.4 Å². The van der Waals surface area contributed by atoms with Crippen LogP contribution in [0.15, 0.2) is 29.2 Å². The van der Waals surface area contributed by atoms with E-state index >= 15 is 0 Å². The zero-order valence-corrected chi connectivity index (χ0v) is 12.8. The maximum Gasteiger partial charge on any atom is 0.274 e. The number of aromatic amines is 1. The van der Waals surface area contributed by atoms with Gasteiger partial charge in [-0.05, 0) is 17.7 Å². The number of hydrogen-bond donors (Lipinski definition) is 2. The summed E-state index contributed by atoms with van der Waals surface area (Å²) in [5.41, 5.74) is 6.65. The molecule has 0 aliphatic carbocycles. The van der Waals surface area contributed by atoms with Gasteiger partial charge < -0.3 is 15.2 Å². The number of aryl methyl sites for hydroxylation is 1. The van der Waals surface area contributed by atoms with Crippen LogP contribution in [-0.4, -0.2) is 26.4 Å². The van der Waals surface area contributed by atoms with Crippen molar-refractivity contribution >= 4 is 17.4 Å². The number of nitrogens with zero attached hydrogens (tertiary/aromatic N) is 3. The van der Waals surface area contributed by atoms with E-state index in [0.29, 0.717) is 33.5 Å². The summed E-state index contributed by atoms with van der Waals surface area (Å²) in [7, 11) is 1.78. The molecule has 3 N–H and O–H groups in total. The second-order valence-corrected chi connectivity index (χ2v) is 5.48. The standard InChI is InChI=1S/C14H12ClN5O3/c1-19-3-2-10(17-19)20-13(16)11(14(21)18-20)7-4-8(15)12-9(5-7)22-6-23-12/h2-5H,6,16H2,1H3,(H,18,21). The number of H-pyrrole nitrogens is 1. The number of nitrogens with one attached hydrogen (secondary N) is 1. The van der Waals surface area contributed by atoms with Gasteiger partial charge in [-0.15, -0.1) is 0 Å². The minimum atomic E-state index is -0.344. The molecule has 118 valence electrons. The minimum Gasteiger partial charge on any atom is -0.454 e. The highest BCUT2D eigenvalue weighted by Crippen LogP contribution is 2.42. The van der Waals surface area contributed by atoms with Gasteiger partial charge in [0.25, 0.3) is 5.56 Å². The summed E-state index contributed by atoms with van der Waals surface area (Å²) in [5, 5.41) is 7.26. The Morgan fingerprint density at radius 3 is 2.96 bits per heavy atom. The van der Waals surface area contributed by atoms with E-state index in [1.165, 1.54) is 4.68 Å². The number of nitrogens with two attached hydrogens (primary N) is 1. The molecule has 0 amide bonds. The molecule has 0 saturated carbocycles. The summed E-state index contributed by atoms with van der Waals surface area (Å²) in [4.78, 5) is 12.3. The number of hydrogen-bond acceptors (Lipinski definition) is 5. The SMILES string of the molecule is Cn1ccc(-n2[nH]c(=O)c(-c3cc(Cl)c4c(c3)OCO4)c2N)n1. The highest BCUT2D eigenvalue weighted by molar-refractivity contribution is 6.32. The van der Waals surface area contributed by atoms with Crippen LogP contribution >= 0.6 is 11.6 Å². The van der Waals surface area contributed by atoms with Gasteiger partial charge in [-0.25, -0.2) is 4.68 Å². The van der Waals surface area contributed by atoms with E-state index in [9.17, 15) is 4.79 Å². The lowest BCUT2D eigenvalue weighted by Gasteiger charge is -2.05. The van der Waals surface area contributed by atoms with Crippen molar-refractivity contribution in [2.24, 2.45) is 7.05 Å². The number of aromatic nitrogens is 4. The normalized spacial score (nSPS) is 12.8. The highest BCUT2D eigenvalue weighted by Gasteiger charge is 2.23. The predicted molar refractivity (Wildman–Crippen MR) is 84.1 cm³/mol. The Hall–Kier alpha value is -2.87. The lowest BCUT2D eigenvalue weighted by molar-refractivity contribution is 0.174. The molecule has 0 spiro atoms. The molecule has 2 aromatic heterocycles. The number of nitrogen functional groups attached to an aromatic ring is 1. The summed E-state index contributed by atoms with van der Waals surface area (Å²) < 4.78 is 13.6. The van der Waals surface area contributed by atoms with E-state index in [1.807, 2.05) is 0 Å². The fraction of sp³-hybridized carbons (Fsp3) is 0.143. The first-order valence-electron chi connectivity index (χ1n) is 6.74. The molecule has 1 aliphatic rings. The number of anilines is 1. The first kappa shape index (κ1) is 13.8. The molecule has 1 aliphatic heterocycles. The molecular weight excluding hydrogens is 322 g/mol. The van der Waals surface area contributed by atoms with Gasteiger partial charge in [0.05, 0.1) is 10.6 Å². The zero-order valence-electron chi connectivity index (χ0n) is 12.0. The van der Waals surface area contributed by atoms with Crippen molar-refractivity contribution in [2.75, 3.05) is 12.5 Å². The number of benzene rings is 1. The Kier molecular flexibility index (Phi) is 2.88. The lowest BCUT2D eigenvalue weighted by atomic mass is 10.1. The van der Waals surface area contributed by atoms with E-state index in [0.717, 1.165) is 0 Å². The minimum absolute atomic E-state index is 0.0965. The van der Waals surface area contributed by atoms with E-state index in [4.69, 9.17) is 26.8 Å². The van der Waals surface area contributed by atoms with Crippen molar-refractivity contribution in [3.63, 3.8) is 0 Å². The van der Waals surface area contributed by atoms with Gasteiger partial charge in [0.15, 0.2) is 17.3 Å². The zero-order chi connectivity index (χ0) is 16.1. The first-order valence-corrected chi connectivity index (χ1v) is 7.12. The molecule has 4 rings (SSSR count). The number of rotatable bonds is 2. The molecule has 0 saturated heterocycles. The number of ether oxygens (including phenoxy) is 2. The third-order valence-corrected chi connectivity index (χ3v) is 3.86. The molecule has 1 aromatic carbocycles. The van der Waals surface area contributed by atoms with Crippen LogP contribution in [-0.2, 0) is 7.05 Å². The maximum absolute atomic E-state index is 12.3. The van der Waals surface area contributed by atoms with Gasteiger partial charge in [0.1, 0.15) is 5.82 Å². The number of halogens is 1. The molecule has 3 heterocycles. The molecule has 0 bridgehead atoms. The molecule has 0 fully saturated rings. The monoisotopic (exact) mass is 333 g/mol. The van der Waals surface area contributed by atoms with Crippen molar-refractivity contribution in [1.29, 1.82) is 0 Å². The molecule has 0 radical (unpaired) electrons. The van der Waals surface area contributed by atoms with Crippen molar-refractivity contribution in [3.05, 3.63) is 39.8 Å². The lowest BCUT2D eigenvalue weighted by Crippen LogP contribution is -2.06. The van der Waals surface area contributed by atoms with Gasteiger partial charge >= 0.3 is 0 Å². The van der Waals surface area contributed by atoms with E-state index in [2.05, 4.69) is 10.2 Å². The molecular formula is C14H12ClN5O3. The van der Waals surface area contributed by atoms with Crippen LogP contribution < -0.4 is 20.8 Å². The average Bonchev–Trinajstić information content (AvgIpc) is 3.19. The third kappa shape index (κ3) is 2.07. The Bertz CT molecular complexity index is 971. The van der Waals surface area contributed by atoms with Gasteiger partial charge in [0, 0.05) is 19.3 Å². The Labute approximate surface area is 135 Å². The maximum atomic E-state index is 12.3.